The molecule has 94 valence electrons. The van der Waals surface area contributed by atoms with E-state index in [1.54, 1.807) is 0 Å². The Morgan fingerprint density at radius 3 is 2.29 bits per heavy atom. The molecule has 1 aromatic carbocycles. The van der Waals surface area contributed by atoms with E-state index in [1.807, 2.05) is 0 Å². The first-order valence-corrected chi connectivity index (χ1v) is 7.00. The molecule has 1 atom stereocenters. The normalized spacial score (nSPS) is 18.9. The van der Waals surface area contributed by atoms with Crippen molar-refractivity contribution in [1.82, 2.24) is 0 Å². The number of benzene rings is 1. The molecule has 2 nitrogen and oxygen atoms in total. The fourth-order valence-electron chi connectivity index (χ4n) is 2.39. The zero-order valence-corrected chi connectivity index (χ0v) is 12.4. The van der Waals surface area contributed by atoms with Gasteiger partial charge in [0.1, 0.15) is 0 Å². The maximum Gasteiger partial charge on any atom is 0.0495 e. The van der Waals surface area contributed by atoms with Gasteiger partial charge in [-0.3, -0.25) is 0 Å². The molecule has 0 aliphatic heterocycles. The maximum absolute atomic E-state index is 5.93. The maximum atomic E-state index is 5.93. The zero-order chi connectivity index (χ0) is 12.6. The van der Waals surface area contributed by atoms with Gasteiger partial charge < -0.3 is 11.1 Å². The molecule has 1 aromatic rings. The Morgan fingerprint density at radius 1 is 1.35 bits per heavy atom. The molecule has 1 aliphatic carbocycles. The van der Waals surface area contributed by atoms with E-state index < -0.39 is 0 Å². The number of nitrogens with one attached hydrogen (secondary N) is 1. The SMILES string of the molecule is Cc1cc(NC(C)(CN)C2CC2)cc(C)c1Br. The van der Waals surface area contributed by atoms with Crippen LogP contribution in [-0.4, -0.2) is 12.1 Å². The van der Waals surface area contributed by atoms with Crippen molar-refractivity contribution in [2.45, 2.75) is 39.2 Å². The van der Waals surface area contributed by atoms with Crippen LogP contribution >= 0.6 is 15.9 Å². The molecular weight excluding hydrogens is 276 g/mol. The summed E-state index contributed by atoms with van der Waals surface area (Å²) in [6.07, 6.45) is 2.60. The van der Waals surface area contributed by atoms with Gasteiger partial charge in [0.25, 0.3) is 0 Å². The molecule has 1 unspecified atom stereocenters. The Balaban J connectivity index is 2.23. The van der Waals surface area contributed by atoms with Crippen molar-refractivity contribution in [2.24, 2.45) is 11.7 Å². The fraction of sp³-hybridized carbons (Fsp3) is 0.571. The number of anilines is 1. The molecule has 0 amide bonds. The molecule has 1 aliphatic rings. The molecule has 0 heterocycles. The van der Waals surface area contributed by atoms with Gasteiger partial charge in [-0.05, 0) is 62.8 Å². The lowest BCUT2D eigenvalue weighted by Gasteiger charge is -2.31. The molecule has 1 saturated carbocycles. The molecule has 0 aromatic heterocycles. The van der Waals surface area contributed by atoms with Gasteiger partial charge in [0, 0.05) is 22.2 Å². The van der Waals surface area contributed by atoms with Gasteiger partial charge in [-0.15, -0.1) is 0 Å². The van der Waals surface area contributed by atoms with Crippen LogP contribution in [0.15, 0.2) is 16.6 Å². The summed E-state index contributed by atoms with van der Waals surface area (Å²) in [4.78, 5) is 0. The molecule has 17 heavy (non-hydrogen) atoms. The minimum Gasteiger partial charge on any atom is -0.378 e. The first-order chi connectivity index (χ1) is 7.96. The number of hydrogen-bond acceptors (Lipinski definition) is 2. The molecule has 0 radical (unpaired) electrons. The van der Waals surface area contributed by atoms with E-state index in [9.17, 15) is 0 Å². The Labute approximate surface area is 112 Å². The average molecular weight is 297 g/mol. The highest BCUT2D eigenvalue weighted by atomic mass is 79.9. The lowest BCUT2D eigenvalue weighted by atomic mass is 9.95. The van der Waals surface area contributed by atoms with Gasteiger partial charge in [-0.1, -0.05) is 15.9 Å². The van der Waals surface area contributed by atoms with Gasteiger partial charge in [0.2, 0.25) is 0 Å². The van der Waals surface area contributed by atoms with Gasteiger partial charge in [-0.2, -0.15) is 0 Å². The summed E-state index contributed by atoms with van der Waals surface area (Å²) in [5.74, 6) is 0.733. The summed E-state index contributed by atoms with van der Waals surface area (Å²) in [6.45, 7) is 7.17. The number of rotatable bonds is 4. The van der Waals surface area contributed by atoms with Gasteiger partial charge in [0.15, 0.2) is 0 Å². The van der Waals surface area contributed by atoms with Gasteiger partial charge in [-0.25, -0.2) is 0 Å². The quantitative estimate of drug-likeness (QED) is 0.891. The molecular formula is C14H21BrN2. The average Bonchev–Trinajstić information content (AvgIpc) is 3.09. The highest BCUT2D eigenvalue weighted by Gasteiger charge is 2.40. The topological polar surface area (TPSA) is 38.0 Å². The van der Waals surface area contributed by atoms with Crippen LogP contribution in [0.5, 0.6) is 0 Å². The third-order valence-corrected chi connectivity index (χ3v) is 5.02. The highest BCUT2D eigenvalue weighted by molar-refractivity contribution is 9.10. The van der Waals surface area contributed by atoms with Crippen LogP contribution in [-0.2, 0) is 0 Å². The van der Waals surface area contributed by atoms with Crippen LogP contribution in [0.3, 0.4) is 0 Å². The van der Waals surface area contributed by atoms with Crippen molar-refractivity contribution in [3.8, 4) is 0 Å². The molecule has 3 N–H and O–H groups in total. The predicted octanol–water partition coefficient (Wildman–Crippen LogP) is 3.61. The van der Waals surface area contributed by atoms with E-state index in [2.05, 4.69) is 54.2 Å². The second-order valence-electron chi connectivity index (χ2n) is 5.44. The summed E-state index contributed by atoms with van der Waals surface area (Å²) >= 11 is 3.60. The number of halogens is 1. The van der Waals surface area contributed by atoms with E-state index in [0.717, 1.165) is 5.92 Å². The summed E-state index contributed by atoms with van der Waals surface area (Å²) in [7, 11) is 0. The molecule has 0 saturated heterocycles. The highest BCUT2D eigenvalue weighted by Crippen LogP contribution is 2.41. The second-order valence-corrected chi connectivity index (χ2v) is 6.24. The van der Waals surface area contributed by atoms with Crippen molar-refractivity contribution < 1.29 is 0 Å². The van der Waals surface area contributed by atoms with Crippen LogP contribution in [0.4, 0.5) is 5.69 Å². The lowest BCUT2D eigenvalue weighted by molar-refractivity contribution is 0.459. The second kappa shape index (κ2) is 4.62. The Bertz CT molecular complexity index is 403. The Morgan fingerprint density at radius 2 is 1.88 bits per heavy atom. The van der Waals surface area contributed by atoms with Gasteiger partial charge >= 0.3 is 0 Å². The Kier molecular flexibility index (Phi) is 3.50. The first kappa shape index (κ1) is 12.9. The molecule has 0 bridgehead atoms. The van der Waals surface area contributed by atoms with Crippen molar-refractivity contribution >= 4 is 21.6 Å². The minimum atomic E-state index is 0.0483. The summed E-state index contributed by atoms with van der Waals surface area (Å²) < 4.78 is 1.20. The van der Waals surface area contributed by atoms with E-state index in [4.69, 9.17) is 5.73 Å². The van der Waals surface area contributed by atoms with Crippen LogP contribution in [0, 0.1) is 19.8 Å². The molecule has 1 fully saturated rings. The standard InChI is InChI=1S/C14H21BrN2/c1-9-6-12(7-10(2)13(9)15)17-14(3,8-16)11-4-5-11/h6-7,11,17H,4-5,8,16H2,1-3H3. The third-order valence-electron chi connectivity index (χ3n) is 3.77. The first-order valence-electron chi connectivity index (χ1n) is 6.21. The summed E-state index contributed by atoms with van der Waals surface area (Å²) in [6, 6.07) is 4.38. The molecule has 3 heteroatoms. The Hall–Kier alpha value is -0.540. The van der Waals surface area contributed by atoms with Crippen molar-refractivity contribution in [3.63, 3.8) is 0 Å². The predicted molar refractivity (Wildman–Crippen MR) is 77.4 cm³/mol. The lowest BCUT2D eigenvalue weighted by Crippen LogP contribution is -2.44. The monoisotopic (exact) mass is 296 g/mol. The zero-order valence-electron chi connectivity index (χ0n) is 10.8. The van der Waals surface area contributed by atoms with Crippen LogP contribution in [0.25, 0.3) is 0 Å². The summed E-state index contributed by atoms with van der Waals surface area (Å²) in [5.41, 5.74) is 9.69. The minimum absolute atomic E-state index is 0.0483. The van der Waals surface area contributed by atoms with Crippen LogP contribution in [0.1, 0.15) is 30.9 Å². The number of hydrogen-bond donors (Lipinski definition) is 2. The van der Waals surface area contributed by atoms with Crippen molar-refractivity contribution in [2.75, 3.05) is 11.9 Å². The largest absolute Gasteiger partial charge is 0.378 e. The summed E-state index contributed by atoms with van der Waals surface area (Å²) in [5, 5.41) is 3.63. The number of aryl methyl sites for hydroxylation is 2. The number of nitrogens with two attached hydrogens (primary N) is 1. The molecule has 0 spiro atoms. The van der Waals surface area contributed by atoms with Gasteiger partial charge in [0.05, 0.1) is 0 Å². The van der Waals surface area contributed by atoms with E-state index in [0.29, 0.717) is 6.54 Å². The third kappa shape index (κ3) is 2.66. The van der Waals surface area contributed by atoms with E-state index in [-0.39, 0.29) is 5.54 Å². The van der Waals surface area contributed by atoms with E-state index >= 15 is 0 Å². The smallest absolute Gasteiger partial charge is 0.0495 e. The van der Waals surface area contributed by atoms with Crippen molar-refractivity contribution in [3.05, 3.63) is 27.7 Å². The fourth-order valence-corrected chi connectivity index (χ4v) is 2.62. The van der Waals surface area contributed by atoms with Crippen LogP contribution in [0.2, 0.25) is 0 Å². The van der Waals surface area contributed by atoms with E-state index in [1.165, 1.54) is 34.1 Å². The van der Waals surface area contributed by atoms with Crippen molar-refractivity contribution in [1.29, 1.82) is 0 Å². The van der Waals surface area contributed by atoms with Crippen LogP contribution < -0.4 is 11.1 Å². The molecule has 2 rings (SSSR count).